The summed E-state index contributed by atoms with van der Waals surface area (Å²) in [7, 11) is 0. The molecule has 1 saturated carbocycles. The van der Waals surface area contributed by atoms with Gasteiger partial charge < -0.3 is 10.2 Å². The number of aryl methyl sites for hydroxylation is 1. The van der Waals surface area contributed by atoms with Gasteiger partial charge in [-0.15, -0.1) is 5.10 Å². The lowest BCUT2D eigenvalue weighted by atomic mass is 10.2. The lowest BCUT2D eigenvalue weighted by Crippen LogP contribution is -2.47. The number of nitrogens with zero attached hydrogens (tertiary/aromatic N) is 5. The third-order valence-electron chi connectivity index (χ3n) is 5.57. The lowest BCUT2D eigenvalue weighted by molar-refractivity contribution is -0.158. The molecule has 2 aromatic heterocycles. The fourth-order valence-corrected chi connectivity index (χ4v) is 3.75. The number of aromatic nitrogens is 3. The molecule has 2 fully saturated rings. The van der Waals surface area contributed by atoms with Gasteiger partial charge in [-0.05, 0) is 51.2 Å². The summed E-state index contributed by atoms with van der Waals surface area (Å²) in [5.74, 6) is -1.45. The molecule has 2 aromatic rings. The number of halogens is 3. The van der Waals surface area contributed by atoms with E-state index >= 15 is 0 Å². The van der Waals surface area contributed by atoms with Crippen molar-refractivity contribution in [2.24, 2.45) is 5.92 Å². The summed E-state index contributed by atoms with van der Waals surface area (Å²) < 4.78 is 41.1. The molecule has 1 aliphatic carbocycles. The summed E-state index contributed by atoms with van der Waals surface area (Å²) in [6.45, 7) is 6.58. The van der Waals surface area contributed by atoms with E-state index in [1.807, 2.05) is 13.8 Å². The average molecular weight is 424 g/mol. The summed E-state index contributed by atoms with van der Waals surface area (Å²) in [6, 6.07) is -0.360. The number of carbonyl (C=O) groups is 2. The first-order valence-electron chi connectivity index (χ1n) is 9.89. The largest absolute Gasteiger partial charge is 0.408 e. The van der Waals surface area contributed by atoms with Gasteiger partial charge in [0.15, 0.2) is 5.82 Å². The Kier molecular flexibility index (Phi) is 4.86. The van der Waals surface area contributed by atoms with E-state index in [0.717, 1.165) is 0 Å². The van der Waals surface area contributed by atoms with Crippen LogP contribution in [0, 0.1) is 12.8 Å². The predicted molar refractivity (Wildman–Crippen MR) is 102 cm³/mol. The van der Waals surface area contributed by atoms with Crippen LogP contribution in [-0.4, -0.2) is 62.8 Å². The predicted octanol–water partition coefficient (Wildman–Crippen LogP) is 2.76. The summed E-state index contributed by atoms with van der Waals surface area (Å²) in [6.07, 6.45) is -2.27. The van der Waals surface area contributed by atoms with Crippen molar-refractivity contribution in [3.63, 3.8) is 0 Å². The number of anilines is 1. The number of rotatable bonds is 5. The van der Waals surface area contributed by atoms with Crippen LogP contribution in [0.5, 0.6) is 0 Å². The van der Waals surface area contributed by atoms with Crippen LogP contribution in [0.2, 0.25) is 0 Å². The molecule has 4 rings (SSSR count). The first-order chi connectivity index (χ1) is 14.1. The number of fused-ring (bicyclic) bond motifs is 1. The molecule has 30 heavy (non-hydrogen) atoms. The second kappa shape index (κ2) is 7.13. The number of amides is 3. The number of nitrogens with one attached hydrogen (secondary N) is 1. The molecular weight excluding hydrogens is 401 g/mol. The molecule has 8 nitrogen and oxygen atoms in total. The molecule has 1 aliphatic heterocycles. The molecule has 11 heteroatoms. The average Bonchev–Trinajstić information content (AvgIpc) is 3.26. The van der Waals surface area contributed by atoms with E-state index in [9.17, 15) is 22.8 Å². The van der Waals surface area contributed by atoms with E-state index in [4.69, 9.17) is 0 Å². The normalized spacial score (nSPS) is 18.6. The molecule has 0 bridgehead atoms. The van der Waals surface area contributed by atoms with Crippen LogP contribution in [0.15, 0.2) is 12.3 Å². The Morgan fingerprint density at radius 2 is 1.97 bits per heavy atom. The quantitative estimate of drug-likeness (QED) is 0.800. The molecule has 1 N–H and O–H groups in total. The number of hydrogen-bond acceptors (Lipinski definition) is 4. The zero-order chi connectivity index (χ0) is 21.8. The van der Waals surface area contributed by atoms with Crippen LogP contribution in [0.4, 0.5) is 23.8 Å². The number of carbonyl (C=O) groups excluding carboxylic acids is 2. The summed E-state index contributed by atoms with van der Waals surface area (Å²) in [5.41, 5.74) is 1.20. The molecule has 0 unspecified atom stereocenters. The molecule has 0 radical (unpaired) electrons. The minimum atomic E-state index is -4.53. The van der Waals surface area contributed by atoms with Gasteiger partial charge in [-0.25, -0.2) is 14.3 Å². The zero-order valence-electron chi connectivity index (χ0n) is 16.9. The van der Waals surface area contributed by atoms with Crippen molar-refractivity contribution in [3.8, 4) is 0 Å². The zero-order valence-corrected chi connectivity index (χ0v) is 16.9. The highest BCUT2D eigenvalue weighted by atomic mass is 19.4. The van der Waals surface area contributed by atoms with Gasteiger partial charge in [-0.1, -0.05) is 0 Å². The third-order valence-corrected chi connectivity index (χ3v) is 5.57. The van der Waals surface area contributed by atoms with Crippen molar-refractivity contribution in [2.75, 3.05) is 18.0 Å². The van der Waals surface area contributed by atoms with E-state index in [0.29, 0.717) is 42.8 Å². The summed E-state index contributed by atoms with van der Waals surface area (Å²) >= 11 is 0. The molecule has 1 atom stereocenters. The van der Waals surface area contributed by atoms with Gasteiger partial charge in [-0.2, -0.15) is 13.2 Å². The first-order valence-corrected chi connectivity index (χ1v) is 9.89. The van der Waals surface area contributed by atoms with Crippen molar-refractivity contribution in [3.05, 3.63) is 23.7 Å². The van der Waals surface area contributed by atoms with E-state index in [2.05, 4.69) is 15.4 Å². The van der Waals surface area contributed by atoms with Crippen LogP contribution >= 0.6 is 0 Å². The van der Waals surface area contributed by atoms with Gasteiger partial charge in [0.1, 0.15) is 6.04 Å². The highest BCUT2D eigenvalue weighted by molar-refractivity contribution is 5.94. The van der Waals surface area contributed by atoms with Crippen LogP contribution in [0.1, 0.15) is 42.9 Å². The molecule has 0 aromatic carbocycles. The molecular formula is C19H23F3N6O2. The minimum absolute atomic E-state index is 0.0311. The summed E-state index contributed by atoms with van der Waals surface area (Å²) in [4.78, 5) is 32.5. The molecule has 3 amide bonds. The van der Waals surface area contributed by atoms with Crippen LogP contribution in [0.3, 0.4) is 0 Å². The van der Waals surface area contributed by atoms with E-state index in [1.165, 1.54) is 15.6 Å². The Morgan fingerprint density at radius 1 is 1.27 bits per heavy atom. The van der Waals surface area contributed by atoms with E-state index in [-0.39, 0.29) is 17.9 Å². The molecule has 1 saturated heterocycles. The number of alkyl halides is 3. The fourth-order valence-electron chi connectivity index (χ4n) is 3.75. The van der Waals surface area contributed by atoms with Gasteiger partial charge in [0.2, 0.25) is 5.82 Å². The standard InChI is InChI=1S/C19H23F3N6O2/c1-10(2)26-6-7-27(18(26)30)14-8-11(3)13-9-23-16(28(13)25-14)17(29)24-15(12-4-5-12)19(20,21)22/h8-10,12,15H,4-7H2,1-3H3,(H,24,29)/t15-/m0/s1. The number of urea groups is 1. The SMILES string of the molecule is Cc1cc(N2CCN(C(C)C)C2=O)nn2c(C(=O)N[C@@H](C3CC3)C(F)(F)F)ncc12. The molecule has 162 valence electrons. The van der Waals surface area contributed by atoms with Crippen molar-refractivity contribution >= 4 is 23.3 Å². The first kappa shape index (κ1) is 20.4. The Labute approximate surface area is 171 Å². The van der Waals surface area contributed by atoms with Crippen molar-refractivity contribution < 1.29 is 22.8 Å². The second-order valence-electron chi connectivity index (χ2n) is 8.12. The van der Waals surface area contributed by atoms with Crippen molar-refractivity contribution in [1.82, 2.24) is 24.8 Å². The second-order valence-corrected chi connectivity index (χ2v) is 8.12. The smallest absolute Gasteiger partial charge is 0.337 e. The van der Waals surface area contributed by atoms with Crippen molar-refractivity contribution in [2.45, 2.75) is 51.9 Å². The highest BCUT2D eigenvalue weighted by Gasteiger charge is 2.50. The molecule has 0 spiro atoms. The van der Waals surface area contributed by atoms with E-state index < -0.39 is 24.0 Å². The topological polar surface area (TPSA) is 82.8 Å². The molecule has 2 aliphatic rings. The number of imidazole rings is 1. The van der Waals surface area contributed by atoms with E-state index in [1.54, 1.807) is 17.9 Å². The van der Waals surface area contributed by atoms with Gasteiger partial charge in [0.25, 0.3) is 5.91 Å². The van der Waals surface area contributed by atoms with Gasteiger partial charge in [0.05, 0.1) is 11.7 Å². The lowest BCUT2D eigenvalue weighted by Gasteiger charge is -2.22. The van der Waals surface area contributed by atoms with Crippen LogP contribution in [-0.2, 0) is 0 Å². The van der Waals surface area contributed by atoms with Crippen molar-refractivity contribution in [1.29, 1.82) is 0 Å². The maximum Gasteiger partial charge on any atom is 0.408 e. The van der Waals surface area contributed by atoms with Crippen LogP contribution < -0.4 is 10.2 Å². The Morgan fingerprint density at radius 3 is 2.53 bits per heavy atom. The minimum Gasteiger partial charge on any atom is -0.337 e. The monoisotopic (exact) mass is 424 g/mol. The Balaban J connectivity index is 1.66. The third kappa shape index (κ3) is 3.56. The Bertz CT molecular complexity index is 998. The summed E-state index contributed by atoms with van der Waals surface area (Å²) in [5, 5.41) is 6.44. The maximum atomic E-state index is 13.3. The van der Waals surface area contributed by atoms with Crippen LogP contribution in [0.25, 0.3) is 5.52 Å². The number of hydrogen-bond donors (Lipinski definition) is 1. The fraction of sp³-hybridized carbons (Fsp3) is 0.579. The molecule has 3 heterocycles. The highest BCUT2D eigenvalue weighted by Crippen LogP contribution is 2.40. The maximum absolute atomic E-state index is 13.3. The van der Waals surface area contributed by atoms with Gasteiger partial charge in [-0.3, -0.25) is 9.69 Å². The Hall–Kier alpha value is -2.85. The van der Waals surface area contributed by atoms with Gasteiger partial charge >= 0.3 is 12.2 Å². The van der Waals surface area contributed by atoms with Gasteiger partial charge in [0, 0.05) is 19.1 Å².